The summed E-state index contributed by atoms with van der Waals surface area (Å²) >= 11 is 0. The molecular formula is C20H27NO3. The van der Waals surface area contributed by atoms with E-state index < -0.39 is 12.2 Å². The molecule has 9 aliphatic rings. The molecule has 2 spiro atoms. The van der Waals surface area contributed by atoms with Crippen molar-refractivity contribution in [2.75, 3.05) is 6.54 Å². The molecule has 3 heterocycles. The van der Waals surface area contributed by atoms with Crippen LogP contribution in [0, 0.1) is 39.9 Å². The van der Waals surface area contributed by atoms with E-state index in [1.165, 1.54) is 0 Å². The Hall–Kier alpha value is -0.420. The molecule has 0 aromatic heterocycles. The van der Waals surface area contributed by atoms with Crippen LogP contribution in [0.1, 0.15) is 32.6 Å². The lowest BCUT2D eigenvalue weighted by molar-refractivity contribution is -0.213. The highest BCUT2D eigenvalue weighted by molar-refractivity contribution is 5.43. The van der Waals surface area contributed by atoms with E-state index in [1.807, 2.05) is 0 Å². The third-order valence-corrected chi connectivity index (χ3v) is 10.1. The lowest BCUT2D eigenvalue weighted by atomic mass is 9.39. The predicted molar refractivity (Wildman–Crippen MR) is 86.8 cm³/mol. The molecule has 9 rings (SSSR count). The Labute approximate surface area is 142 Å². The molecule has 3 saturated heterocycles. The van der Waals surface area contributed by atoms with Crippen LogP contribution in [-0.4, -0.2) is 57.2 Å². The second-order valence-electron chi connectivity index (χ2n) is 10.8. The summed E-state index contributed by atoms with van der Waals surface area (Å²) in [5, 5.41) is 33.3. The standard InChI is InChI=1S/C20H27NO3/c1-8-3-19-6-10-15-18(2)4-9(22)5-20(15)16(19)14(24)11(8)13(23)12(19)17(20)21(10)7-18/h9-17,22-24H,1,3-7H2,2H3/t9?,10?,11?,12?,13?,14?,15?,16?,17?,18-,19-,20-/m0/s1. The van der Waals surface area contributed by atoms with Crippen LogP contribution in [0.5, 0.6) is 0 Å². The molecule has 3 aliphatic heterocycles. The van der Waals surface area contributed by atoms with Crippen LogP contribution in [-0.2, 0) is 0 Å². The van der Waals surface area contributed by atoms with Gasteiger partial charge in [0.2, 0.25) is 0 Å². The van der Waals surface area contributed by atoms with Gasteiger partial charge in [-0.15, -0.1) is 0 Å². The smallest absolute Gasteiger partial charge is 0.0679 e. The highest BCUT2D eigenvalue weighted by Crippen LogP contribution is 2.86. The first-order valence-corrected chi connectivity index (χ1v) is 9.83. The minimum absolute atomic E-state index is 0.0358. The maximum absolute atomic E-state index is 11.3. The zero-order chi connectivity index (χ0) is 16.4. The van der Waals surface area contributed by atoms with E-state index in [1.54, 1.807) is 0 Å². The maximum atomic E-state index is 11.3. The lowest BCUT2D eigenvalue weighted by Gasteiger charge is -2.65. The van der Waals surface area contributed by atoms with Crippen LogP contribution in [0.15, 0.2) is 12.2 Å². The third kappa shape index (κ3) is 0.980. The summed E-state index contributed by atoms with van der Waals surface area (Å²) in [7, 11) is 0. The number of fused-ring (bicyclic) bond motifs is 1. The quantitative estimate of drug-likeness (QED) is 0.574. The van der Waals surface area contributed by atoms with Gasteiger partial charge in [-0.05, 0) is 53.8 Å². The molecule has 0 aromatic rings. The van der Waals surface area contributed by atoms with Gasteiger partial charge in [0.25, 0.3) is 0 Å². The number of hydrogen-bond acceptors (Lipinski definition) is 4. The molecule has 24 heavy (non-hydrogen) atoms. The first-order chi connectivity index (χ1) is 11.4. The van der Waals surface area contributed by atoms with Crippen LogP contribution in [0.4, 0.5) is 0 Å². The van der Waals surface area contributed by atoms with Crippen LogP contribution in [0.3, 0.4) is 0 Å². The highest BCUT2D eigenvalue weighted by Gasteiger charge is 2.90. The summed E-state index contributed by atoms with van der Waals surface area (Å²) in [5.41, 5.74) is 1.37. The van der Waals surface area contributed by atoms with Gasteiger partial charge in [-0.3, -0.25) is 4.90 Å². The molecule has 4 nitrogen and oxygen atoms in total. The molecule has 0 amide bonds. The van der Waals surface area contributed by atoms with Crippen molar-refractivity contribution < 1.29 is 15.3 Å². The van der Waals surface area contributed by atoms with E-state index in [4.69, 9.17) is 0 Å². The van der Waals surface area contributed by atoms with E-state index in [0.717, 1.165) is 37.8 Å². The average molecular weight is 329 g/mol. The average Bonchev–Trinajstić information content (AvgIpc) is 2.88. The van der Waals surface area contributed by atoms with Crippen molar-refractivity contribution in [1.29, 1.82) is 0 Å². The number of aliphatic hydroxyl groups is 3. The second kappa shape index (κ2) is 3.40. The second-order valence-corrected chi connectivity index (χ2v) is 10.8. The van der Waals surface area contributed by atoms with Gasteiger partial charge in [0.15, 0.2) is 0 Å². The number of piperidine rings is 2. The molecular weight excluding hydrogens is 302 g/mol. The minimum atomic E-state index is -0.460. The number of aliphatic hydroxyl groups excluding tert-OH is 3. The molecule has 3 N–H and O–H groups in total. The molecule has 9 bridgehead atoms. The van der Waals surface area contributed by atoms with Crippen molar-refractivity contribution in [1.82, 2.24) is 4.90 Å². The highest BCUT2D eigenvalue weighted by atomic mass is 16.3. The fourth-order valence-electron chi connectivity index (χ4n) is 10.7. The molecule has 6 aliphatic carbocycles. The van der Waals surface area contributed by atoms with Gasteiger partial charge < -0.3 is 15.3 Å². The Balaban J connectivity index is 1.54. The third-order valence-electron chi connectivity index (χ3n) is 10.1. The maximum Gasteiger partial charge on any atom is 0.0679 e. The fourth-order valence-corrected chi connectivity index (χ4v) is 10.7. The normalized spacial score (nSPS) is 76.1. The SMILES string of the molecule is C=C1C[C@]23CC4C5[C@@]6(C)CC(O)C[C@]57C(C2C(O)C1C(O)C37)N4C6. The van der Waals surface area contributed by atoms with Crippen molar-refractivity contribution in [3.63, 3.8) is 0 Å². The van der Waals surface area contributed by atoms with Crippen LogP contribution in [0.25, 0.3) is 0 Å². The van der Waals surface area contributed by atoms with Crippen LogP contribution >= 0.6 is 0 Å². The van der Waals surface area contributed by atoms with Gasteiger partial charge >= 0.3 is 0 Å². The van der Waals surface area contributed by atoms with Crippen molar-refractivity contribution in [2.45, 2.75) is 63.0 Å². The van der Waals surface area contributed by atoms with Crippen LogP contribution in [0.2, 0.25) is 0 Å². The molecule has 4 heteroatoms. The van der Waals surface area contributed by atoms with E-state index in [2.05, 4.69) is 18.4 Å². The van der Waals surface area contributed by atoms with Gasteiger partial charge in [-0.25, -0.2) is 0 Å². The van der Waals surface area contributed by atoms with E-state index >= 15 is 0 Å². The topological polar surface area (TPSA) is 63.9 Å². The van der Waals surface area contributed by atoms with Gasteiger partial charge in [0.1, 0.15) is 0 Å². The zero-order valence-corrected chi connectivity index (χ0v) is 14.2. The summed E-state index contributed by atoms with van der Waals surface area (Å²) in [6.07, 6.45) is 2.76. The molecule has 130 valence electrons. The van der Waals surface area contributed by atoms with Gasteiger partial charge in [-0.2, -0.15) is 0 Å². The van der Waals surface area contributed by atoms with Gasteiger partial charge in [0, 0.05) is 30.5 Å². The summed E-state index contributed by atoms with van der Waals surface area (Å²) in [5.74, 6) is 1.02. The summed E-state index contributed by atoms with van der Waals surface area (Å²) in [4.78, 5) is 2.73. The molecule has 6 saturated carbocycles. The molecule has 0 aromatic carbocycles. The lowest BCUT2D eigenvalue weighted by Crippen LogP contribution is -2.67. The summed E-state index contributed by atoms with van der Waals surface area (Å²) in [6, 6.07) is 0.999. The largest absolute Gasteiger partial charge is 0.393 e. The Morgan fingerprint density at radius 3 is 2.67 bits per heavy atom. The zero-order valence-electron chi connectivity index (χ0n) is 14.2. The predicted octanol–water partition coefficient (Wildman–Crippen LogP) is 0.764. The number of hydrogen-bond donors (Lipinski definition) is 3. The van der Waals surface area contributed by atoms with Crippen molar-refractivity contribution >= 4 is 0 Å². The summed E-state index contributed by atoms with van der Waals surface area (Å²) in [6.45, 7) is 7.72. The minimum Gasteiger partial charge on any atom is -0.393 e. The van der Waals surface area contributed by atoms with E-state index in [0.29, 0.717) is 18.0 Å². The fraction of sp³-hybridized carbons (Fsp3) is 0.900. The molecule has 13 atom stereocenters. The van der Waals surface area contributed by atoms with Crippen molar-refractivity contribution in [3.8, 4) is 0 Å². The number of rotatable bonds is 0. The first kappa shape index (κ1) is 13.7. The van der Waals surface area contributed by atoms with Crippen LogP contribution < -0.4 is 0 Å². The van der Waals surface area contributed by atoms with Crippen molar-refractivity contribution in [3.05, 3.63) is 12.2 Å². The van der Waals surface area contributed by atoms with Gasteiger partial charge in [-0.1, -0.05) is 19.1 Å². The molecule has 10 unspecified atom stereocenters. The first-order valence-electron chi connectivity index (χ1n) is 9.83. The van der Waals surface area contributed by atoms with Gasteiger partial charge in [0.05, 0.1) is 18.3 Å². The summed E-state index contributed by atoms with van der Waals surface area (Å²) < 4.78 is 0. The monoisotopic (exact) mass is 329 g/mol. The Bertz CT molecular complexity index is 709. The Kier molecular flexibility index (Phi) is 1.95. The molecule has 9 fully saturated rings. The van der Waals surface area contributed by atoms with E-state index in [9.17, 15) is 15.3 Å². The Morgan fingerprint density at radius 2 is 1.88 bits per heavy atom. The Morgan fingerprint density at radius 1 is 1.08 bits per heavy atom. The van der Waals surface area contributed by atoms with Crippen molar-refractivity contribution in [2.24, 2.45) is 39.9 Å². The van der Waals surface area contributed by atoms with E-state index in [-0.39, 0.29) is 40.1 Å². The molecule has 0 radical (unpaired) electrons. The number of nitrogens with zero attached hydrogens (tertiary/aromatic N) is 1.